The molecule has 0 aliphatic heterocycles. The summed E-state index contributed by atoms with van der Waals surface area (Å²) >= 11 is 0. The van der Waals surface area contributed by atoms with E-state index < -0.39 is 24.1 Å². The van der Waals surface area contributed by atoms with Gasteiger partial charge in [0, 0.05) is 12.2 Å². The zero-order valence-electron chi connectivity index (χ0n) is 12.4. The third-order valence-corrected chi connectivity index (χ3v) is 3.00. The molecule has 0 aliphatic carbocycles. The third kappa shape index (κ3) is 5.03. The van der Waals surface area contributed by atoms with Gasteiger partial charge in [-0.2, -0.15) is 0 Å². The highest BCUT2D eigenvalue weighted by Gasteiger charge is 2.26. The van der Waals surface area contributed by atoms with Crippen LogP contribution in [0.5, 0.6) is 0 Å². The van der Waals surface area contributed by atoms with E-state index in [2.05, 4.69) is 10.3 Å². The molecule has 2 amide bonds. The first-order valence-corrected chi connectivity index (χ1v) is 6.74. The number of amides is 2. The Morgan fingerprint density at radius 1 is 1.43 bits per heavy atom. The number of urea groups is 1. The molecule has 1 aromatic rings. The molecule has 0 unspecified atom stereocenters. The van der Waals surface area contributed by atoms with Crippen molar-refractivity contribution in [3.63, 3.8) is 0 Å². The predicted octanol–water partition coefficient (Wildman–Crippen LogP) is 0.756. The summed E-state index contributed by atoms with van der Waals surface area (Å²) in [7, 11) is 0. The number of carbonyl (C=O) groups excluding carboxylic acids is 1. The van der Waals surface area contributed by atoms with E-state index in [1.54, 1.807) is 13.0 Å². The minimum absolute atomic E-state index is 0.274. The molecule has 1 aromatic heterocycles. The smallest absolute Gasteiger partial charge is 0.328 e. The Hall–Kier alpha value is -2.15. The van der Waals surface area contributed by atoms with Crippen molar-refractivity contribution >= 4 is 12.0 Å². The lowest BCUT2D eigenvalue weighted by atomic mass is 10.2. The summed E-state index contributed by atoms with van der Waals surface area (Å²) in [6, 6.07) is 3.62. The first-order valence-electron chi connectivity index (χ1n) is 6.74. The number of pyridine rings is 1. The summed E-state index contributed by atoms with van der Waals surface area (Å²) < 4.78 is 0. The summed E-state index contributed by atoms with van der Waals surface area (Å²) in [5, 5.41) is 20.7. The van der Waals surface area contributed by atoms with Crippen molar-refractivity contribution < 1.29 is 19.8 Å². The fraction of sp³-hybridized carbons (Fsp3) is 0.500. The minimum atomic E-state index is -1.34. The fourth-order valence-electron chi connectivity index (χ4n) is 1.82. The lowest BCUT2D eigenvalue weighted by molar-refractivity contribution is -0.141. The number of nitrogens with zero attached hydrogens (tertiary/aromatic N) is 2. The van der Waals surface area contributed by atoms with Crippen LogP contribution < -0.4 is 5.32 Å². The molecule has 2 atom stereocenters. The number of aromatic nitrogens is 1. The molecule has 1 rings (SSSR count). The van der Waals surface area contributed by atoms with Crippen LogP contribution >= 0.6 is 0 Å². The van der Waals surface area contributed by atoms with Crippen LogP contribution in [0.15, 0.2) is 18.2 Å². The predicted molar refractivity (Wildman–Crippen MR) is 76.7 cm³/mol. The largest absolute Gasteiger partial charge is 0.480 e. The molecule has 0 fully saturated rings. The van der Waals surface area contributed by atoms with Crippen molar-refractivity contribution in [2.24, 2.45) is 0 Å². The van der Waals surface area contributed by atoms with Crippen LogP contribution in [0.3, 0.4) is 0 Å². The van der Waals surface area contributed by atoms with Crippen LogP contribution in [0.4, 0.5) is 4.79 Å². The van der Waals surface area contributed by atoms with Gasteiger partial charge in [-0.15, -0.1) is 0 Å². The first-order chi connectivity index (χ1) is 9.85. The molecule has 7 nitrogen and oxygen atoms in total. The molecular formula is C14H21N3O4. The van der Waals surface area contributed by atoms with Crippen LogP contribution in [-0.4, -0.2) is 50.8 Å². The molecule has 0 bridgehead atoms. The molecule has 7 heteroatoms. The van der Waals surface area contributed by atoms with Gasteiger partial charge in [0.15, 0.2) is 6.04 Å². The molecule has 1 heterocycles. The fourth-order valence-corrected chi connectivity index (χ4v) is 1.82. The van der Waals surface area contributed by atoms with Gasteiger partial charge in [0.1, 0.15) is 0 Å². The number of aliphatic carboxylic acids is 1. The Morgan fingerprint density at radius 2 is 2.10 bits per heavy atom. The Kier molecular flexibility index (Phi) is 6.10. The van der Waals surface area contributed by atoms with E-state index in [9.17, 15) is 14.7 Å². The van der Waals surface area contributed by atoms with E-state index in [0.29, 0.717) is 6.54 Å². The number of hydrogen-bond donors (Lipinski definition) is 3. The van der Waals surface area contributed by atoms with Crippen molar-refractivity contribution in [2.45, 2.75) is 39.5 Å². The first kappa shape index (κ1) is 16.9. The van der Waals surface area contributed by atoms with Crippen molar-refractivity contribution in [1.82, 2.24) is 15.2 Å². The zero-order chi connectivity index (χ0) is 16.0. The molecule has 0 spiro atoms. The SMILES string of the molecule is CCN(Cc1cccc(C)n1)C(=O)N[C@H](C(=O)O)[C@@H](C)O. The molecule has 0 aromatic carbocycles. The van der Waals surface area contributed by atoms with E-state index in [1.807, 2.05) is 19.1 Å². The number of carboxylic acid groups (broad SMARTS) is 1. The number of aliphatic hydroxyl groups is 1. The standard InChI is InChI=1S/C14H21N3O4/c1-4-17(8-11-7-5-6-9(2)15-11)14(21)16-12(10(3)18)13(19)20/h5-7,10,12,18H,4,8H2,1-3H3,(H,16,21)(H,19,20)/t10-,12+/m1/s1. The quantitative estimate of drug-likeness (QED) is 0.719. The lowest BCUT2D eigenvalue weighted by Crippen LogP contribution is -2.52. The maximum absolute atomic E-state index is 12.1. The van der Waals surface area contributed by atoms with E-state index in [-0.39, 0.29) is 6.54 Å². The normalized spacial score (nSPS) is 13.3. The maximum Gasteiger partial charge on any atom is 0.328 e. The topological polar surface area (TPSA) is 103 Å². The highest BCUT2D eigenvalue weighted by molar-refractivity contribution is 5.83. The van der Waals surface area contributed by atoms with Gasteiger partial charge in [-0.05, 0) is 32.9 Å². The molecule has 21 heavy (non-hydrogen) atoms. The van der Waals surface area contributed by atoms with Crippen molar-refractivity contribution in [3.8, 4) is 0 Å². The average molecular weight is 295 g/mol. The molecule has 0 saturated heterocycles. The van der Waals surface area contributed by atoms with Crippen LogP contribution in [0.2, 0.25) is 0 Å². The number of aryl methyl sites for hydroxylation is 1. The van der Waals surface area contributed by atoms with Crippen molar-refractivity contribution in [3.05, 3.63) is 29.6 Å². The van der Waals surface area contributed by atoms with Crippen LogP contribution in [0, 0.1) is 6.92 Å². The monoisotopic (exact) mass is 295 g/mol. The second kappa shape index (κ2) is 7.58. The van der Waals surface area contributed by atoms with E-state index in [4.69, 9.17) is 5.11 Å². The summed E-state index contributed by atoms with van der Waals surface area (Å²) in [5.74, 6) is -1.27. The van der Waals surface area contributed by atoms with E-state index >= 15 is 0 Å². The molecule has 0 radical (unpaired) electrons. The maximum atomic E-state index is 12.1. The van der Waals surface area contributed by atoms with Gasteiger partial charge < -0.3 is 20.4 Å². The van der Waals surface area contributed by atoms with Gasteiger partial charge >= 0.3 is 12.0 Å². The minimum Gasteiger partial charge on any atom is -0.480 e. The second-order valence-electron chi connectivity index (χ2n) is 4.79. The van der Waals surface area contributed by atoms with E-state index in [0.717, 1.165) is 11.4 Å². The van der Waals surface area contributed by atoms with Gasteiger partial charge in [-0.1, -0.05) is 6.07 Å². The van der Waals surface area contributed by atoms with Gasteiger partial charge in [0.05, 0.1) is 18.3 Å². The van der Waals surface area contributed by atoms with Gasteiger partial charge in [0.25, 0.3) is 0 Å². The number of carbonyl (C=O) groups is 2. The summed E-state index contributed by atoms with van der Waals surface area (Å²) in [5.41, 5.74) is 1.56. The van der Waals surface area contributed by atoms with Crippen LogP contribution in [0.25, 0.3) is 0 Å². The second-order valence-corrected chi connectivity index (χ2v) is 4.79. The lowest BCUT2D eigenvalue weighted by Gasteiger charge is -2.24. The highest BCUT2D eigenvalue weighted by atomic mass is 16.4. The van der Waals surface area contributed by atoms with E-state index in [1.165, 1.54) is 11.8 Å². The summed E-state index contributed by atoms with van der Waals surface area (Å²) in [4.78, 5) is 28.8. The number of rotatable bonds is 6. The number of aliphatic hydroxyl groups excluding tert-OH is 1. The van der Waals surface area contributed by atoms with Gasteiger partial charge in [-0.3, -0.25) is 4.98 Å². The van der Waals surface area contributed by atoms with Gasteiger partial charge in [-0.25, -0.2) is 9.59 Å². The summed E-state index contributed by atoms with van der Waals surface area (Å²) in [6.07, 6.45) is -1.18. The van der Waals surface area contributed by atoms with Gasteiger partial charge in [0.2, 0.25) is 0 Å². The van der Waals surface area contributed by atoms with Crippen LogP contribution in [0.1, 0.15) is 25.2 Å². The molecule has 0 aliphatic rings. The molecule has 0 saturated carbocycles. The van der Waals surface area contributed by atoms with Crippen molar-refractivity contribution in [1.29, 1.82) is 0 Å². The van der Waals surface area contributed by atoms with Crippen molar-refractivity contribution in [2.75, 3.05) is 6.54 Å². The molecular weight excluding hydrogens is 274 g/mol. The number of carboxylic acids is 1. The number of hydrogen-bond acceptors (Lipinski definition) is 4. The summed E-state index contributed by atoms with van der Waals surface area (Å²) in [6.45, 7) is 5.63. The number of nitrogens with one attached hydrogen (secondary N) is 1. The Balaban J connectivity index is 2.75. The average Bonchev–Trinajstić information content (AvgIpc) is 2.41. The zero-order valence-corrected chi connectivity index (χ0v) is 12.4. The molecule has 3 N–H and O–H groups in total. The third-order valence-electron chi connectivity index (χ3n) is 3.00. The Labute approximate surface area is 123 Å². The Bertz CT molecular complexity index is 505. The highest BCUT2D eigenvalue weighted by Crippen LogP contribution is 2.05. The molecule has 116 valence electrons. The van der Waals surface area contributed by atoms with Crippen LogP contribution in [-0.2, 0) is 11.3 Å². The Morgan fingerprint density at radius 3 is 2.57 bits per heavy atom.